The number of nitrogens with one attached hydrogen (secondary N) is 1. The van der Waals surface area contributed by atoms with Crippen molar-refractivity contribution in [1.29, 1.82) is 0 Å². The van der Waals surface area contributed by atoms with E-state index < -0.39 is 0 Å². The van der Waals surface area contributed by atoms with Gasteiger partial charge in [0.25, 0.3) is 0 Å². The molecular formula is C11H18N2OS. The molecule has 1 aliphatic rings. The molecule has 1 N–H and O–H groups in total. The number of methoxy groups -OCH3 is 1. The van der Waals surface area contributed by atoms with Crippen molar-refractivity contribution in [2.45, 2.75) is 38.3 Å². The smallest absolute Gasteiger partial charge is 0.0959 e. The maximum absolute atomic E-state index is 5.07. The molecule has 1 fully saturated rings. The molecule has 3 nitrogen and oxygen atoms in total. The third kappa shape index (κ3) is 3.26. The predicted molar refractivity (Wildman–Crippen MR) is 62.3 cm³/mol. The van der Waals surface area contributed by atoms with E-state index >= 15 is 0 Å². The summed E-state index contributed by atoms with van der Waals surface area (Å²) in [6.07, 6.45) is 2.67. The molecule has 1 heterocycles. The van der Waals surface area contributed by atoms with Crippen LogP contribution >= 0.6 is 11.3 Å². The van der Waals surface area contributed by atoms with Gasteiger partial charge in [-0.05, 0) is 19.8 Å². The number of hydrogen-bond donors (Lipinski definition) is 1. The monoisotopic (exact) mass is 226 g/mol. The van der Waals surface area contributed by atoms with Gasteiger partial charge in [-0.1, -0.05) is 0 Å². The van der Waals surface area contributed by atoms with Crippen LogP contribution in [0.3, 0.4) is 0 Å². The van der Waals surface area contributed by atoms with Crippen molar-refractivity contribution in [3.63, 3.8) is 0 Å². The average Bonchev–Trinajstić information content (AvgIpc) is 2.96. The summed E-state index contributed by atoms with van der Waals surface area (Å²) in [6, 6.07) is 0.390. The maximum atomic E-state index is 5.07. The number of thiazole rings is 1. The zero-order valence-corrected chi connectivity index (χ0v) is 10.1. The highest BCUT2D eigenvalue weighted by Gasteiger charge is 2.26. The topological polar surface area (TPSA) is 34.1 Å². The second-order valence-electron chi connectivity index (χ2n) is 4.19. The molecule has 1 aromatic rings. The largest absolute Gasteiger partial charge is 0.383 e. The molecule has 0 radical (unpaired) electrons. The SMILES string of the molecule is COCC(C)NCc1csc(C2CC2)n1. The van der Waals surface area contributed by atoms with Crippen molar-refractivity contribution in [1.82, 2.24) is 10.3 Å². The molecule has 1 unspecified atom stereocenters. The first-order valence-corrected chi connectivity index (χ1v) is 6.34. The fourth-order valence-corrected chi connectivity index (χ4v) is 2.50. The van der Waals surface area contributed by atoms with Crippen LogP contribution in [0.1, 0.15) is 36.4 Å². The Labute approximate surface area is 94.9 Å². The van der Waals surface area contributed by atoms with Crippen LogP contribution in [0, 0.1) is 0 Å². The third-order valence-electron chi connectivity index (χ3n) is 2.54. The van der Waals surface area contributed by atoms with Gasteiger partial charge >= 0.3 is 0 Å². The molecular weight excluding hydrogens is 208 g/mol. The maximum Gasteiger partial charge on any atom is 0.0959 e. The minimum Gasteiger partial charge on any atom is -0.383 e. The summed E-state index contributed by atoms with van der Waals surface area (Å²) >= 11 is 1.80. The normalized spacial score (nSPS) is 18.0. The molecule has 1 saturated carbocycles. The van der Waals surface area contributed by atoms with E-state index in [4.69, 9.17) is 4.74 Å². The summed E-state index contributed by atoms with van der Waals surface area (Å²) in [5, 5.41) is 6.88. The van der Waals surface area contributed by atoms with Crippen LogP contribution in [-0.4, -0.2) is 24.7 Å². The van der Waals surface area contributed by atoms with E-state index in [0.717, 1.165) is 19.1 Å². The lowest BCUT2D eigenvalue weighted by molar-refractivity contribution is 0.171. The first-order valence-electron chi connectivity index (χ1n) is 5.46. The molecule has 1 aliphatic carbocycles. The van der Waals surface area contributed by atoms with Crippen LogP contribution in [-0.2, 0) is 11.3 Å². The highest BCUT2D eigenvalue weighted by molar-refractivity contribution is 7.09. The summed E-state index contributed by atoms with van der Waals surface area (Å²) in [4.78, 5) is 4.62. The zero-order valence-electron chi connectivity index (χ0n) is 9.32. The van der Waals surface area contributed by atoms with Gasteiger partial charge in [0.15, 0.2) is 0 Å². The summed E-state index contributed by atoms with van der Waals surface area (Å²) in [5.74, 6) is 0.778. The summed E-state index contributed by atoms with van der Waals surface area (Å²) in [5.41, 5.74) is 1.17. The Hall–Kier alpha value is -0.450. The van der Waals surface area contributed by atoms with Gasteiger partial charge in [0.1, 0.15) is 0 Å². The first kappa shape index (κ1) is 11.0. The van der Waals surface area contributed by atoms with Crippen molar-refractivity contribution >= 4 is 11.3 Å². The molecule has 0 amide bonds. The molecule has 1 atom stereocenters. The minimum atomic E-state index is 0.390. The molecule has 0 aliphatic heterocycles. The molecule has 84 valence electrons. The number of hydrogen-bond acceptors (Lipinski definition) is 4. The van der Waals surface area contributed by atoms with Gasteiger partial charge < -0.3 is 10.1 Å². The Morgan fingerprint density at radius 3 is 3.13 bits per heavy atom. The van der Waals surface area contributed by atoms with Gasteiger partial charge in [-0.15, -0.1) is 11.3 Å². The minimum absolute atomic E-state index is 0.390. The first-order chi connectivity index (χ1) is 7.29. The average molecular weight is 226 g/mol. The van der Waals surface area contributed by atoms with E-state index in [-0.39, 0.29) is 0 Å². The predicted octanol–water partition coefficient (Wildman–Crippen LogP) is 2.15. The van der Waals surface area contributed by atoms with E-state index in [9.17, 15) is 0 Å². The van der Waals surface area contributed by atoms with Gasteiger partial charge in [-0.25, -0.2) is 4.98 Å². The van der Waals surface area contributed by atoms with Crippen LogP contribution in [0.15, 0.2) is 5.38 Å². The van der Waals surface area contributed by atoms with E-state index in [1.165, 1.54) is 23.5 Å². The lowest BCUT2D eigenvalue weighted by Gasteiger charge is -2.10. The Balaban J connectivity index is 1.77. The summed E-state index contributed by atoms with van der Waals surface area (Å²) < 4.78 is 5.07. The second-order valence-corrected chi connectivity index (χ2v) is 5.08. The van der Waals surface area contributed by atoms with Crippen LogP contribution in [0.25, 0.3) is 0 Å². The Kier molecular flexibility index (Phi) is 3.72. The van der Waals surface area contributed by atoms with Crippen molar-refractivity contribution in [2.24, 2.45) is 0 Å². The van der Waals surface area contributed by atoms with Gasteiger partial charge in [0, 0.05) is 31.0 Å². The Morgan fingerprint density at radius 2 is 2.47 bits per heavy atom. The van der Waals surface area contributed by atoms with Crippen molar-refractivity contribution in [3.05, 3.63) is 16.1 Å². The number of nitrogens with zero attached hydrogens (tertiary/aromatic N) is 1. The molecule has 15 heavy (non-hydrogen) atoms. The lowest BCUT2D eigenvalue weighted by atomic mass is 10.3. The Morgan fingerprint density at radius 1 is 1.67 bits per heavy atom. The number of rotatable bonds is 6. The highest BCUT2D eigenvalue weighted by Crippen LogP contribution is 2.41. The number of ether oxygens (including phenoxy) is 1. The second kappa shape index (κ2) is 5.05. The fraction of sp³-hybridized carbons (Fsp3) is 0.727. The van der Waals surface area contributed by atoms with E-state index in [1.807, 2.05) is 0 Å². The van der Waals surface area contributed by atoms with Gasteiger partial charge in [-0.2, -0.15) is 0 Å². The quantitative estimate of drug-likeness (QED) is 0.807. The highest BCUT2D eigenvalue weighted by atomic mass is 32.1. The van der Waals surface area contributed by atoms with Crippen LogP contribution in [0.4, 0.5) is 0 Å². The van der Waals surface area contributed by atoms with E-state index in [2.05, 4.69) is 22.6 Å². The standard InChI is InChI=1S/C11H18N2OS/c1-8(6-14-2)12-5-10-7-15-11(13-10)9-3-4-9/h7-9,12H,3-6H2,1-2H3. The molecule has 0 aromatic carbocycles. The fourth-order valence-electron chi connectivity index (χ4n) is 1.51. The molecule has 0 bridgehead atoms. The van der Waals surface area contributed by atoms with Crippen LogP contribution < -0.4 is 5.32 Å². The molecule has 0 saturated heterocycles. The third-order valence-corrected chi connectivity index (χ3v) is 3.60. The molecule has 2 rings (SSSR count). The van der Waals surface area contributed by atoms with Gasteiger partial charge in [0.2, 0.25) is 0 Å². The van der Waals surface area contributed by atoms with Crippen LogP contribution in [0.5, 0.6) is 0 Å². The molecule has 1 aromatic heterocycles. The molecule has 0 spiro atoms. The number of aromatic nitrogens is 1. The molecule has 4 heteroatoms. The van der Waals surface area contributed by atoms with E-state index in [1.54, 1.807) is 18.4 Å². The van der Waals surface area contributed by atoms with Gasteiger partial charge in [-0.3, -0.25) is 0 Å². The van der Waals surface area contributed by atoms with Crippen molar-refractivity contribution in [2.75, 3.05) is 13.7 Å². The van der Waals surface area contributed by atoms with E-state index in [0.29, 0.717) is 6.04 Å². The summed E-state index contributed by atoms with van der Waals surface area (Å²) in [6.45, 7) is 3.73. The lowest BCUT2D eigenvalue weighted by Crippen LogP contribution is -2.29. The zero-order chi connectivity index (χ0) is 10.7. The van der Waals surface area contributed by atoms with Crippen molar-refractivity contribution in [3.8, 4) is 0 Å². The van der Waals surface area contributed by atoms with Crippen molar-refractivity contribution < 1.29 is 4.74 Å². The van der Waals surface area contributed by atoms with Crippen LogP contribution in [0.2, 0.25) is 0 Å². The summed E-state index contributed by atoms with van der Waals surface area (Å²) in [7, 11) is 1.73. The Bertz CT molecular complexity index is 309. The van der Waals surface area contributed by atoms with Gasteiger partial charge in [0.05, 0.1) is 17.3 Å².